The fraction of sp³-hybridized carbons (Fsp3) is 0.462. The summed E-state index contributed by atoms with van der Waals surface area (Å²) < 4.78 is 0. The van der Waals surface area contributed by atoms with E-state index in [0.29, 0.717) is 6.42 Å². The first-order chi connectivity index (χ1) is 8.54. The number of hydrogen-bond acceptors (Lipinski definition) is 3. The molecular weight excluding hydrogens is 234 g/mol. The van der Waals surface area contributed by atoms with Gasteiger partial charge in [0.05, 0.1) is 24.8 Å². The van der Waals surface area contributed by atoms with E-state index in [4.69, 9.17) is 10.2 Å². The van der Waals surface area contributed by atoms with Crippen molar-refractivity contribution in [3.63, 3.8) is 0 Å². The van der Waals surface area contributed by atoms with Gasteiger partial charge < -0.3 is 20.2 Å². The first-order valence-electron chi connectivity index (χ1n) is 5.91. The van der Waals surface area contributed by atoms with Crippen molar-refractivity contribution in [2.75, 3.05) is 13.2 Å². The molecule has 1 aromatic rings. The second-order valence-electron chi connectivity index (χ2n) is 4.84. The Morgan fingerprint density at radius 2 is 2.06 bits per heavy atom. The van der Waals surface area contributed by atoms with Crippen LogP contribution in [-0.4, -0.2) is 51.1 Å². The first kappa shape index (κ1) is 12.9. The van der Waals surface area contributed by atoms with Gasteiger partial charge in [0.25, 0.3) is 0 Å². The fourth-order valence-electron chi connectivity index (χ4n) is 2.55. The van der Waals surface area contributed by atoms with Crippen LogP contribution < -0.4 is 0 Å². The molecule has 2 rings (SSSR count). The van der Waals surface area contributed by atoms with Gasteiger partial charge in [0.1, 0.15) is 0 Å². The number of aliphatic hydroxyl groups excluding tert-OH is 1. The maximum atomic E-state index is 11.0. The number of hydrogen-bond donors (Lipinski definition) is 3. The van der Waals surface area contributed by atoms with Crippen LogP contribution in [0.15, 0.2) is 30.3 Å². The summed E-state index contributed by atoms with van der Waals surface area (Å²) in [4.78, 5) is 12.1. The standard InChI is InChI=1S/C13H17NO4/c15-8-11-7-13(18,9-14(11)12(16)17)6-10-4-2-1-3-5-10/h1-5,11,15,18H,6-9H2,(H,16,17)/t11-,13?/m0/s1. The number of rotatable bonds is 3. The molecule has 18 heavy (non-hydrogen) atoms. The molecular formula is C13H17NO4. The minimum absolute atomic E-state index is 0.0441. The molecule has 1 aliphatic rings. The Bertz CT molecular complexity index is 422. The molecule has 3 N–H and O–H groups in total. The second kappa shape index (κ2) is 4.96. The van der Waals surface area contributed by atoms with Crippen LogP contribution in [0.2, 0.25) is 0 Å². The maximum absolute atomic E-state index is 11.0. The van der Waals surface area contributed by atoms with Crippen molar-refractivity contribution in [3.8, 4) is 0 Å². The summed E-state index contributed by atoms with van der Waals surface area (Å²) in [7, 11) is 0. The van der Waals surface area contributed by atoms with Crippen LogP contribution in [0, 0.1) is 0 Å². The summed E-state index contributed by atoms with van der Waals surface area (Å²) in [5.74, 6) is 0. The number of carbonyl (C=O) groups is 1. The summed E-state index contributed by atoms with van der Waals surface area (Å²) in [6, 6.07) is 8.93. The van der Waals surface area contributed by atoms with Gasteiger partial charge in [-0.3, -0.25) is 0 Å². The minimum Gasteiger partial charge on any atom is -0.465 e. The molecule has 1 amide bonds. The molecule has 1 aromatic carbocycles. The highest BCUT2D eigenvalue weighted by molar-refractivity contribution is 5.66. The third-order valence-electron chi connectivity index (χ3n) is 3.35. The lowest BCUT2D eigenvalue weighted by atomic mass is 9.92. The molecule has 1 saturated heterocycles. The number of carboxylic acid groups (broad SMARTS) is 1. The molecule has 1 fully saturated rings. The van der Waals surface area contributed by atoms with Gasteiger partial charge in [-0.05, 0) is 5.56 Å². The molecule has 1 unspecified atom stereocenters. The van der Waals surface area contributed by atoms with Crippen molar-refractivity contribution in [2.24, 2.45) is 0 Å². The van der Waals surface area contributed by atoms with Gasteiger partial charge >= 0.3 is 6.09 Å². The smallest absolute Gasteiger partial charge is 0.407 e. The van der Waals surface area contributed by atoms with Gasteiger partial charge in [-0.25, -0.2) is 4.79 Å². The van der Waals surface area contributed by atoms with Crippen LogP contribution in [-0.2, 0) is 6.42 Å². The monoisotopic (exact) mass is 251 g/mol. The lowest BCUT2D eigenvalue weighted by Crippen LogP contribution is -2.39. The van der Waals surface area contributed by atoms with E-state index in [1.54, 1.807) is 0 Å². The van der Waals surface area contributed by atoms with Crippen LogP contribution in [0.25, 0.3) is 0 Å². The zero-order valence-electron chi connectivity index (χ0n) is 9.99. The van der Waals surface area contributed by atoms with Gasteiger partial charge in [-0.15, -0.1) is 0 Å². The Morgan fingerprint density at radius 1 is 1.39 bits per heavy atom. The summed E-state index contributed by atoms with van der Waals surface area (Å²) in [6.45, 7) is -0.216. The summed E-state index contributed by atoms with van der Waals surface area (Å²) in [5.41, 5.74) is -0.128. The number of nitrogens with zero attached hydrogens (tertiary/aromatic N) is 1. The third kappa shape index (κ3) is 2.63. The highest BCUT2D eigenvalue weighted by Crippen LogP contribution is 2.30. The molecule has 0 aliphatic carbocycles. The Hall–Kier alpha value is -1.59. The Balaban J connectivity index is 2.11. The molecule has 5 heteroatoms. The molecule has 5 nitrogen and oxygen atoms in total. The van der Waals surface area contributed by atoms with E-state index in [1.165, 1.54) is 0 Å². The number of likely N-dealkylation sites (tertiary alicyclic amines) is 1. The minimum atomic E-state index is -1.10. The first-order valence-corrected chi connectivity index (χ1v) is 5.91. The van der Waals surface area contributed by atoms with Gasteiger partial charge in [0.2, 0.25) is 0 Å². The van der Waals surface area contributed by atoms with E-state index in [9.17, 15) is 9.90 Å². The molecule has 0 spiro atoms. The van der Waals surface area contributed by atoms with Crippen molar-refractivity contribution in [1.29, 1.82) is 0 Å². The zero-order chi connectivity index (χ0) is 13.2. The molecule has 1 heterocycles. The second-order valence-corrected chi connectivity index (χ2v) is 4.84. The fourth-order valence-corrected chi connectivity index (χ4v) is 2.55. The number of β-amino-alcohol motifs (C(OH)–C–C–N with tert-alkyl or cyclic N) is 1. The molecule has 2 atom stereocenters. The van der Waals surface area contributed by atoms with Crippen molar-refractivity contribution in [1.82, 2.24) is 4.90 Å². The van der Waals surface area contributed by atoms with Crippen LogP contribution >= 0.6 is 0 Å². The van der Waals surface area contributed by atoms with Crippen molar-refractivity contribution in [2.45, 2.75) is 24.5 Å². The summed E-state index contributed by atoms with van der Waals surface area (Å²) in [6.07, 6.45) is -0.434. The van der Waals surface area contributed by atoms with Gasteiger partial charge in [0, 0.05) is 12.8 Å². The number of aliphatic hydroxyl groups is 2. The Morgan fingerprint density at radius 3 is 2.56 bits per heavy atom. The van der Waals surface area contributed by atoms with E-state index in [2.05, 4.69) is 0 Å². The van der Waals surface area contributed by atoms with Crippen LogP contribution in [0.4, 0.5) is 4.79 Å². The molecule has 0 bridgehead atoms. The maximum Gasteiger partial charge on any atom is 0.407 e. The highest BCUT2D eigenvalue weighted by atomic mass is 16.4. The predicted octanol–water partition coefficient (Wildman–Crippen LogP) is 0.705. The number of amides is 1. The van der Waals surface area contributed by atoms with Crippen molar-refractivity contribution < 1.29 is 20.1 Å². The molecule has 1 aliphatic heterocycles. The topological polar surface area (TPSA) is 81.0 Å². The SMILES string of the molecule is O=C(O)N1CC(O)(Cc2ccccc2)C[C@H]1CO. The summed E-state index contributed by atoms with van der Waals surface area (Å²) in [5, 5.41) is 28.6. The average molecular weight is 251 g/mol. The van der Waals surface area contributed by atoms with E-state index in [0.717, 1.165) is 10.5 Å². The third-order valence-corrected chi connectivity index (χ3v) is 3.35. The average Bonchev–Trinajstić information content (AvgIpc) is 2.68. The summed E-state index contributed by atoms with van der Waals surface area (Å²) >= 11 is 0. The molecule has 0 aromatic heterocycles. The van der Waals surface area contributed by atoms with E-state index in [1.807, 2.05) is 30.3 Å². The van der Waals surface area contributed by atoms with Crippen LogP contribution in [0.5, 0.6) is 0 Å². The quantitative estimate of drug-likeness (QED) is 0.739. The van der Waals surface area contributed by atoms with Crippen LogP contribution in [0.3, 0.4) is 0 Å². The van der Waals surface area contributed by atoms with Gasteiger partial charge in [-0.1, -0.05) is 30.3 Å². The van der Waals surface area contributed by atoms with E-state index < -0.39 is 17.7 Å². The lowest BCUT2D eigenvalue weighted by Gasteiger charge is -2.22. The lowest BCUT2D eigenvalue weighted by molar-refractivity contribution is 0.0490. The molecule has 0 radical (unpaired) electrons. The molecule has 98 valence electrons. The van der Waals surface area contributed by atoms with E-state index >= 15 is 0 Å². The Labute approximate surface area is 105 Å². The zero-order valence-corrected chi connectivity index (χ0v) is 9.99. The van der Waals surface area contributed by atoms with Gasteiger partial charge in [-0.2, -0.15) is 0 Å². The normalized spacial score (nSPS) is 27.4. The highest BCUT2D eigenvalue weighted by Gasteiger charge is 2.44. The van der Waals surface area contributed by atoms with Crippen LogP contribution in [0.1, 0.15) is 12.0 Å². The largest absolute Gasteiger partial charge is 0.465 e. The van der Waals surface area contributed by atoms with Gasteiger partial charge in [0.15, 0.2) is 0 Å². The van der Waals surface area contributed by atoms with Crippen molar-refractivity contribution >= 4 is 6.09 Å². The van der Waals surface area contributed by atoms with Crippen molar-refractivity contribution in [3.05, 3.63) is 35.9 Å². The van der Waals surface area contributed by atoms with E-state index in [-0.39, 0.29) is 19.6 Å². The number of benzene rings is 1. The Kier molecular flexibility index (Phi) is 3.54. The predicted molar refractivity (Wildman–Crippen MR) is 65.3 cm³/mol. The molecule has 0 saturated carbocycles.